The highest BCUT2D eigenvalue weighted by Crippen LogP contribution is 2.47. The van der Waals surface area contributed by atoms with Crippen LogP contribution in [-0.4, -0.2) is 53.2 Å². The Hall–Kier alpha value is -2.32. The standard InChI is InChI=1S/C20H26N2O6/c23-10-17-19-15(8-13(27-17)9-18(24)25)14-7-12(5-6-16(14)28-19)22-20(26)21-11-3-1-2-4-11/h5-7,11,13,15,17,19,23H,1-4,8-10H2,(H,24,25)(H2,21,22,26)/t13-,15+,17+,19-/m1/s1. The number of benzene rings is 1. The van der Waals surface area contributed by atoms with Crippen molar-refractivity contribution in [1.29, 1.82) is 0 Å². The van der Waals surface area contributed by atoms with Gasteiger partial charge in [-0.05, 0) is 37.5 Å². The Morgan fingerprint density at radius 3 is 2.71 bits per heavy atom. The van der Waals surface area contributed by atoms with Crippen LogP contribution in [0.5, 0.6) is 5.75 Å². The molecule has 2 aliphatic heterocycles. The summed E-state index contributed by atoms with van der Waals surface area (Å²) in [6.07, 6.45) is 3.31. The third-order valence-electron chi connectivity index (χ3n) is 5.85. The number of urea groups is 1. The normalized spacial score (nSPS) is 28.9. The molecule has 1 saturated heterocycles. The Morgan fingerprint density at radius 1 is 1.21 bits per heavy atom. The summed E-state index contributed by atoms with van der Waals surface area (Å²) in [5.41, 5.74) is 1.58. The number of carboxylic acid groups (broad SMARTS) is 1. The van der Waals surface area contributed by atoms with E-state index >= 15 is 0 Å². The maximum absolute atomic E-state index is 12.3. The fourth-order valence-corrected chi connectivity index (χ4v) is 4.58. The lowest BCUT2D eigenvalue weighted by atomic mass is 9.84. The van der Waals surface area contributed by atoms with Crippen molar-refractivity contribution in [2.75, 3.05) is 11.9 Å². The molecule has 1 saturated carbocycles. The van der Waals surface area contributed by atoms with Crippen LogP contribution in [0.2, 0.25) is 0 Å². The summed E-state index contributed by atoms with van der Waals surface area (Å²) in [5, 5.41) is 24.6. The van der Waals surface area contributed by atoms with Gasteiger partial charge >= 0.3 is 12.0 Å². The Labute approximate surface area is 163 Å². The van der Waals surface area contributed by atoms with Gasteiger partial charge in [0.25, 0.3) is 0 Å². The van der Waals surface area contributed by atoms with Crippen LogP contribution >= 0.6 is 0 Å². The number of hydrogen-bond acceptors (Lipinski definition) is 5. The van der Waals surface area contributed by atoms with Gasteiger partial charge in [0.05, 0.1) is 19.1 Å². The van der Waals surface area contributed by atoms with Gasteiger partial charge in [0.1, 0.15) is 18.0 Å². The number of carbonyl (C=O) groups is 2. The van der Waals surface area contributed by atoms with E-state index < -0.39 is 18.2 Å². The molecule has 4 atom stereocenters. The predicted molar refractivity (Wildman–Crippen MR) is 101 cm³/mol. The molecule has 3 aliphatic rings. The largest absolute Gasteiger partial charge is 0.487 e. The van der Waals surface area contributed by atoms with E-state index in [1.54, 1.807) is 12.1 Å². The summed E-state index contributed by atoms with van der Waals surface area (Å²) in [7, 11) is 0. The smallest absolute Gasteiger partial charge is 0.319 e. The molecular formula is C20H26N2O6. The molecule has 152 valence electrons. The van der Waals surface area contributed by atoms with E-state index in [9.17, 15) is 14.7 Å². The number of anilines is 1. The maximum Gasteiger partial charge on any atom is 0.319 e. The summed E-state index contributed by atoms with van der Waals surface area (Å²) in [4.78, 5) is 23.3. The highest BCUT2D eigenvalue weighted by molar-refractivity contribution is 5.89. The molecule has 1 aliphatic carbocycles. The average Bonchev–Trinajstić information content (AvgIpc) is 3.28. The number of aliphatic hydroxyl groups is 1. The fourth-order valence-electron chi connectivity index (χ4n) is 4.58. The minimum Gasteiger partial charge on any atom is -0.487 e. The summed E-state index contributed by atoms with van der Waals surface area (Å²) in [6, 6.07) is 5.49. The highest BCUT2D eigenvalue weighted by atomic mass is 16.6. The third-order valence-corrected chi connectivity index (χ3v) is 5.85. The van der Waals surface area contributed by atoms with E-state index in [2.05, 4.69) is 10.6 Å². The van der Waals surface area contributed by atoms with E-state index in [-0.39, 0.29) is 37.1 Å². The Morgan fingerprint density at radius 2 is 2.00 bits per heavy atom. The molecule has 8 heteroatoms. The molecule has 8 nitrogen and oxygen atoms in total. The third kappa shape index (κ3) is 3.93. The van der Waals surface area contributed by atoms with Crippen LogP contribution in [0.25, 0.3) is 0 Å². The molecule has 0 bridgehead atoms. The zero-order valence-electron chi connectivity index (χ0n) is 15.6. The van der Waals surface area contributed by atoms with Gasteiger partial charge in [-0.15, -0.1) is 0 Å². The molecule has 0 unspecified atom stereocenters. The monoisotopic (exact) mass is 390 g/mol. The quantitative estimate of drug-likeness (QED) is 0.612. The van der Waals surface area contributed by atoms with Crippen LogP contribution in [0.15, 0.2) is 18.2 Å². The lowest BCUT2D eigenvalue weighted by molar-refractivity contribution is -0.153. The highest BCUT2D eigenvalue weighted by Gasteiger charge is 2.46. The van der Waals surface area contributed by atoms with Crippen LogP contribution in [0.3, 0.4) is 0 Å². The van der Waals surface area contributed by atoms with Crippen LogP contribution < -0.4 is 15.4 Å². The first-order valence-corrected chi connectivity index (χ1v) is 9.89. The fraction of sp³-hybridized carbons (Fsp3) is 0.600. The Bertz CT molecular complexity index is 748. The molecule has 0 aromatic heterocycles. The zero-order chi connectivity index (χ0) is 19.7. The van der Waals surface area contributed by atoms with Gasteiger partial charge in [-0.25, -0.2) is 4.79 Å². The number of nitrogens with one attached hydrogen (secondary N) is 2. The average molecular weight is 390 g/mol. The van der Waals surface area contributed by atoms with Crippen LogP contribution in [0.1, 0.15) is 50.0 Å². The Kier molecular flexibility index (Phi) is 5.41. The predicted octanol–water partition coefficient (Wildman–Crippen LogP) is 2.22. The Balaban J connectivity index is 1.48. The van der Waals surface area contributed by atoms with Gasteiger partial charge in [-0.3, -0.25) is 4.79 Å². The lowest BCUT2D eigenvalue weighted by Crippen LogP contribution is -2.46. The first-order chi connectivity index (χ1) is 13.5. The lowest BCUT2D eigenvalue weighted by Gasteiger charge is -2.36. The van der Waals surface area contributed by atoms with Crippen molar-refractivity contribution in [2.24, 2.45) is 0 Å². The first kappa shape index (κ1) is 19.0. The molecule has 28 heavy (non-hydrogen) atoms. The molecule has 4 N–H and O–H groups in total. The minimum atomic E-state index is -0.932. The van der Waals surface area contributed by atoms with Gasteiger partial charge in [0.2, 0.25) is 0 Å². The van der Waals surface area contributed by atoms with Gasteiger partial charge in [-0.1, -0.05) is 12.8 Å². The van der Waals surface area contributed by atoms with E-state index in [0.29, 0.717) is 17.9 Å². The van der Waals surface area contributed by atoms with Crippen molar-refractivity contribution in [1.82, 2.24) is 5.32 Å². The SMILES string of the molecule is O=C(O)C[C@H]1C[C@H]2c3cc(NC(=O)NC4CCCC4)ccc3O[C@H]2[C@H](CO)O1. The number of carboxylic acids is 1. The maximum atomic E-state index is 12.3. The number of amides is 2. The van der Waals surface area contributed by atoms with E-state index in [1.165, 1.54) is 0 Å². The zero-order valence-corrected chi connectivity index (χ0v) is 15.6. The second-order valence-electron chi connectivity index (χ2n) is 7.83. The molecule has 2 heterocycles. The summed E-state index contributed by atoms with van der Waals surface area (Å²) in [6.45, 7) is -0.236. The number of hydrogen-bond donors (Lipinski definition) is 4. The molecule has 1 aromatic rings. The first-order valence-electron chi connectivity index (χ1n) is 9.89. The van der Waals surface area contributed by atoms with Crippen LogP contribution in [-0.2, 0) is 9.53 Å². The van der Waals surface area contributed by atoms with Crippen LogP contribution in [0.4, 0.5) is 10.5 Å². The van der Waals surface area contributed by atoms with Crippen molar-refractivity contribution in [3.05, 3.63) is 23.8 Å². The molecular weight excluding hydrogens is 364 g/mol. The number of rotatable bonds is 5. The van der Waals surface area contributed by atoms with Crippen molar-refractivity contribution >= 4 is 17.7 Å². The minimum absolute atomic E-state index is 0.0788. The van der Waals surface area contributed by atoms with Gasteiger partial charge < -0.3 is 30.3 Å². The second kappa shape index (κ2) is 7.97. The summed E-state index contributed by atoms with van der Waals surface area (Å²) < 4.78 is 11.7. The molecule has 1 aromatic carbocycles. The molecule has 0 spiro atoms. The molecule has 2 amide bonds. The van der Waals surface area contributed by atoms with Gasteiger partial charge in [-0.2, -0.15) is 0 Å². The number of fused-ring (bicyclic) bond motifs is 3. The van der Waals surface area contributed by atoms with Crippen molar-refractivity contribution in [3.63, 3.8) is 0 Å². The number of carbonyl (C=O) groups excluding carboxylic acids is 1. The topological polar surface area (TPSA) is 117 Å². The number of aliphatic hydroxyl groups excluding tert-OH is 1. The number of aliphatic carboxylic acids is 1. The van der Waals surface area contributed by atoms with Gasteiger partial charge in [0, 0.05) is 23.2 Å². The van der Waals surface area contributed by atoms with Crippen molar-refractivity contribution in [2.45, 2.75) is 68.8 Å². The van der Waals surface area contributed by atoms with Crippen LogP contribution in [0, 0.1) is 0 Å². The molecule has 2 fully saturated rings. The molecule has 4 rings (SSSR count). The number of ether oxygens (including phenoxy) is 2. The summed E-state index contributed by atoms with van der Waals surface area (Å²) in [5.74, 6) is -0.321. The summed E-state index contributed by atoms with van der Waals surface area (Å²) >= 11 is 0. The van der Waals surface area contributed by atoms with E-state index in [0.717, 1.165) is 31.2 Å². The molecule has 0 radical (unpaired) electrons. The van der Waals surface area contributed by atoms with Gasteiger partial charge in [0.15, 0.2) is 0 Å². The second-order valence-corrected chi connectivity index (χ2v) is 7.83. The van der Waals surface area contributed by atoms with E-state index in [1.807, 2.05) is 6.07 Å². The van der Waals surface area contributed by atoms with E-state index in [4.69, 9.17) is 14.6 Å². The van der Waals surface area contributed by atoms with Crippen molar-refractivity contribution < 1.29 is 29.3 Å². The van der Waals surface area contributed by atoms with Crippen molar-refractivity contribution in [3.8, 4) is 5.75 Å².